The fraction of sp³-hybridized carbons (Fsp3) is 0.556. The summed E-state index contributed by atoms with van der Waals surface area (Å²) in [4.78, 5) is 14.8. The number of hydrogen-bond acceptors (Lipinski definition) is 4. The minimum Gasteiger partial charge on any atom is -0.372 e. The average Bonchev–Trinajstić information content (AvgIpc) is 3.36. The predicted molar refractivity (Wildman–Crippen MR) is 96.5 cm³/mol. The van der Waals surface area contributed by atoms with Crippen LogP contribution in [0.4, 0.5) is 4.79 Å². The maximum Gasteiger partial charge on any atom is 0.318 e. The molecule has 0 bridgehead atoms. The highest BCUT2D eigenvalue weighted by molar-refractivity contribution is 7.07. The molecule has 2 saturated heterocycles. The number of likely N-dealkylation sites (tertiary alicyclic amines) is 1. The van der Waals surface area contributed by atoms with Crippen LogP contribution in [0.1, 0.15) is 49.1 Å². The van der Waals surface area contributed by atoms with Crippen LogP contribution in [0.5, 0.6) is 0 Å². The van der Waals surface area contributed by atoms with Gasteiger partial charge in [0.15, 0.2) is 0 Å². The van der Waals surface area contributed by atoms with Gasteiger partial charge in [0.1, 0.15) is 6.10 Å². The lowest BCUT2D eigenvalue weighted by Gasteiger charge is -2.32. The first-order valence-corrected chi connectivity index (χ1v) is 9.85. The van der Waals surface area contributed by atoms with Crippen LogP contribution in [-0.2, 0) is 11.8 Å². The van der Waals surface area contributed by atoms with Gasteiger partial charge in [-0.15, -0.1) is 0 Å². The van der Waals surface area contributed by atoms with E-state index < -0.39 is 0 Å². The van der Waals surface area contributed by atoms with Crippen LogP contribution in [0.3, 0.4) is 0 Å². The lowest BCUT2D eigenvalue weighted by molar-refractivity contribution is -0.00312. The number of nitrogens with one attached hydrogen (secondary N) is 1. The first-order chi connectivity index (χ1) is 12.2. The Morgan fingerprint density at radius 2 is 2.32 bits per heavy atom. The second-order valence-electron chi connectivity index (χ2n) is 6.82. The maximum absolute atomic E-state index is 12.8. The summed E-state index contributed by atoms with van der Waals surface area (Å²) in [5, 5.41) is 11.7. The summed E-state index contributed by atoms with van der Waals surface area (Å²) < 4.78 is 7.75. The molecule has 0 aliphatic carbocycles. The largest absolute Gasteiger partial charge is 0.372 e. The lowest BCUT2D eigenvalue weighted by Crippen LogP contribution is -2.46. The van der Waals surface area contributed by atoms with Crippen LogP contribution >= 0.6 is 11.3 Å². The summed E-state index contributed by atoms with van der Waals surface area (Å²) in [5.74, 6) is 0. The Balaban J connectivity index is 1.39. The number of thiophene rings is 1. The minimum atomic E-state index is -0.00204. The Morgan fingerprint density at radius 1 is 1.40 bits per heavy atom. The average molecular weight is 360 g/mol. The van der Waals surface area contributed by atoms with Gasteiger partial charge in [-0.2, -0.15) is 16.4 Å². The van der Waals surface area contributed by atoms with Crippen LogP contribution in [0.25, 0.3) is 0 Å². The standard InChI is InChI=1S/C18H24N4O2S/c1-21-16(4-7-19-21)17-11-14(5-9-24-17)20-18(23)22-8-2-3-15(22)13-6-10-25-12-13/h4,6-7,10,12,14-15,17H,2-3,5,8-9,11H2,1H3,(H,20,23). The summed E-state index contributed by atoms with van der Waals surface area (Å²) >= 11 is 1.69. The number of ether oxygens (including phenoxy) is 1. The molecule has 7 heteroatoms. The van der Waals surface area contributed by atoms with E-state index in [1.807, 2.05) is 22.7 Å². The maximum atomic E-state index is 12.8. The lowest BCUT2D eigenvalue weighted by atomic mass is 10.0. The molecule has 0 radical (unpaired) electrons. The number of carbonyl (C=O) groups excluding carboxylic acids is 1. The SMILES string of the molecule is Cn1nccc1C1CC(NC(=O)N2CCCC2c2ccsc2)CCO1. The van der Waals surface area contributed by atoms with Crippen molar-refractivity contribution >= 4 is 17.4 Å². The first kappa shape index (κ1) is 16.6. The number of urea groups is 1. The molecule has 2 aliphatic heterocycles. The molecule has 134 valence electrons. The van der Waals surface area contributed by atoms with Gasteiger partial charge in [0.2, 0.25) is 0 Å². The van der Waals surface area contributed by atoms with E-state index in [1.165, 1.54) is 5.56 Å². The number of aromatic nitrogens is 2. The van der Waals surface area contributed by atoms with E-state index >= 15 is 0 Å². The smallest absolute Gasteiger partial charge is 0.318 e. The molecule has 3 unspecified atom stereocenters. The van der Waals surface area contributed by atoms with E-state index in [2.05, 4.69) is 27.2 Å². The van der Waals surface area contributed by atoms with Crippen LogP contribution < -0.4 is 5.32 Å². The van der Waals surface area contributed by atoms with Crippen molar-refractivity contribution in [3.8, 4) is 0 Å². The molecular formula is C18H24N4O2S. The molecule has 6 nitrogen and oxygen atoms in total. The minimum absolute atomic E-state index is 0.00204. The van der Waals surface area contributed by atoms with Crippen LogP contribution in [0.2, 0.25) is 0 Å². The predicted octanol–water partition coefficient (Wildman–Crippen LogP) is 3.25. The van der Waals surface area contributed by atoms with Gasteiger partial charge in [-0.3, -0.25) is 4.68 Å². The van der Waals surface area contributed by atoms with Crippen molar-refractivity contribution in [1.29, 1.82) is 0 Å². The van der Waals surface area contributed by atoms with Gasteiger partial charge < -0.3 is 15.0 Å². The van der Waals surface area contributed by atoms with E-state index in [4.69, 9.17) is 4.74 Å². The van der Waals surface area contributed by atoms with Gasteiger partial charge in [-0.05, 0) is 54.1 Å². The van der Waals surface area contributed by atoms with Crippen molar-refractivity contribution < 1.29 is 9.53 Å². The topological polar surface area (TPSA) is 59.4 Å². The Hall–Kier alpha value is -1.86. The van der Waals surface area contributed by atoms with E-state index in [0.717, 1.165) is 37.9 Å². The van der Waals surface area contributed by atoms with Crippen LogP contribution in [0, 0.1) is 0 Å². The summed E-state index contributed by atoms with van der Waals surface area (Å²) in [7, 11) is 1.93. The zero-order chi connectivity index (χ0) is 17.2. The molecule has 0 aromatic carbocycles. The molecule has 4 heterocycles. The Labute approximate surface area is 151 Å². The fourth-order valence-electron chi connectivity index (χ4n) is 3.91. The molecule has 4 rings (SSSR count). The third kappa shape index (κ3) is 3.43. The normalized spacial score (nSPS) is 26.8. The quantitative estimate of drug-likeness (QED) is 0.914. The van der Waals surface area contributed by atoms with Crippen molar-refractivity contribution in [1.82, 2.24) is 20.0 Å². The van der Waals surface area contributed by atoms with E-state index in [-0.39, 0.29) is 24.2 Å². The molecule has 0 saturated carbocycles. The number of hydrogen-bond donors (Lipinski definition) is 1. The third-order valence-electron chi connectivity index (χ3n) is 5.24. The second-order valence-corrected chi connectivity index (χ2v) is 7.60. The Morgan fingerprint density at radius 3 is 3.08 bits per heavy atom. The molecule has 2 amide bonds. The number of rotatable bonds is 3. The van der Waals surface area contributed by atoms with Crippen LogP contribution in [0.15, 0.2) is 29.1 Å². The van der Waals surface area contributed by atoms with Gasteiger partial charge in [-0.1, -0.05) is 0 Å². The summed E-state index contributed by atoms with van der Waals surface area (Å²) in [6.07, 6.45) is 5.56. The van der Waals surface area contributed by atoms with E-state index in [0.29, 0.717) is 6.61 Å². The van der Waals surface area contributed by atoms with Crippen molar-refractivity contribution in [3.05, 3.63) is 40.3 Å². The highest BCUT2D eigenvalue weighted by Gasteiger charge is 2.33. The zero-order valence-corrected chi connectivity index (χ0v) is 15.2. The van der Waals surface area contributed by atoms with E-state index in [9.17, 15) is 4.79 Å². The molecule has 2 aromatic rings. The highest BCUT2D eigenvalue weighted by atomic mass is 32.1. The van der Waals surface area contributed by atoms with Gasteiger partial charge in [0, 0.05) is 32.4 Å². The number of nitrogens with zero attached hydrogens (tertiary/aromatic N) is 3. The van der Waals surface area contributed by atoms with Crippen molar-refractivity contribution in [2.75, 3.05) is 13.2 Å². The van der Waals surface area contributed by atoms with Crippen molar-refractivity contribution in [2.24, 2.45) is 7.05 Å². The first-order valence-electron chi connectivity index (χ1n) is 8.91. The van der Waals surface area contributed by atoms with Gasteiger partial charge in [0.25, 0.3) is 0 Å². The Bertz CT molecular complexity index is 714. The van der Waals surface area contributed by atoms with Crippen molar-refractivity contribution in [2.45, 2.75) is 43.9 Å². The van der Waals surface area contributed by atoms with E-state index in [1.54, 1.807) is 17.5 Å². The number of amides is 2. The summed E-state index contributed by atoms with van der Waals surface area (Å²) in [6.45, 7) is 1.50. The Kier molecular flexibility index (Phi) is 4.76. The molecule has 2 aliphatic rings. The molecular weight excluding hydrogens is 336 g/mol. The molecule has 2 fully saturated rings. The summed E-state index contributed by atoms with van der Waals surface area (Å²) in [5.41, 5.74) is 2.33. The third-order valence-corrected chi connectivity index (χ3v) is 5.94. The highest BCUT2D eigenvalue weighted by Crippen LogP contribution is 2.33. The summed E-state index contributed by atoms with van der Waals surface area (Å²) in [6, 6.07) is 4.55. The van der Waals surface area contributed by atoms with Gasteiger partial charge >= 0.3 is 6.03 Å². The van der Waals surface area contributed by atoms with Gasteiger partial charge in [0.05, 0.1) is 11.7 Å². The van der Waals surface area contributed by atoms with Crippen molar-refractivity contribution in [3.63, 3.8) is 0 Å². The molecule has 1 N–H and O–H groups in total. The fourth-order valence-corrected chi connectivity index (χ4v) is 4.62. The second kappa shape index (κ2) is 7.17. The van der Waals surface area contributed by atoms with Gasteiger partial charge in [-0.25, -0.2) is 4.79 Å². The number of aryl methyl sites for hydroxylation is 1. The molecule has 3 atom stereocenters. The zero-order valence-electron chi connectivity index (χ0n) is 14.4. The molecule has 0 spiro atoms. The molecule has 2 aromatic heterocycles. The molecule has 25 heavy (non-hydrogen) atoms. The number of carbonyl (C=O) groups is 1. The van der Waals surface area contributed by atoms with Crippen LogP contribution in [-0.4, -0.2) is 39.9 Å². The monoisotopic (exact) mass is 360 g/mol.